The third-order valence-corrected chi connectivity index (χ3v) is 4.24. The van der Waals surface area contributed by atoms with E-state index in [1.165, 1.54) is 6.20 Å². The zero-order valence-corrected chi connectivity index (χ0v) is 14.0. The summed E-state index contributed by atoms with van der Waals surface area (Å²) in [5.74, 6) is -0.0706. The van der Waals surface area contributed by atoms with E-state index in [1.54, 1.807) is 49.3 Å². The molecule has 1 aliphatic rings. The normalized spacial score (nSPS) is 16.8. The summed E-state index contributed by atoms with van der Waals surface area (Å²) < 4.78 is 5.11. The van der Waals surface area contributed by atoms with Gasteiger partial charge in [-0.1, -0.05) is 0 Å². The smallest absolute Gasteiger partial charge is 0.250 e. The number of hydrogen-bond acceptors (Lipinski definition) is 4. The zero-order chi connectivity index (χ0) is 18.0. The minimum absolute atomic E-state index is 0.0945. The van der Waals surface area contributed by atoms with Crippen molar-refractivity contribution in [3.05, 3.63) is 52.4 Å². The molecule has 0 bridgehead atoms. The quantitative estimate of drug-likeness (QED) is 0.885. The van der Waals surface area contributed by atoms with Crippen molar-refractivity contribution >= 4 is 23.2 Å². The van der Waals surface area contributed by atoms with E-state index in [4.69, 9.17) is 4.74 Å². The molecule has 1 aromatic carbocycles. The number of anilines is 2. The SMILES string of the molecule is COc1ccc(N2C[C@@H](C(=O)Nc3c[nH]c(=O)c(C)c3)CC2=O)cc1. The van der Waals surface area contributed by atoms with Gasteiger partial charge in [-0.2, -0.15) is 0 Å². The summed E-state index contributed by atoms with van der Waals surface area (Å²) in [5, 5.41) is 2.75. The molecule has 0 aliphatic carbocycles. The number of hydrogen-bond donors (Lipinski definition) is 2. The van der Waals surface area contributed by atoms with Gasteiger partial charge in [0.2, 0.25) is 11.8 Å². The molecular weight excluding hydrogens is 322 g/mol. The van der Waals surface area contributed by atoms with Crippen LogP contribution in [0.5, 0.6) is 5.75 Å². The fraction of sp³-hybridized carbons (Fsp3) is 0.278. The lowest BCUT2D eigenvalue weighted by molar-refractivity contribution is -0.122. The van der Waals surface area contributed by atoms with E-state index in [2.05, 4.69) is 10.3 Å². The molecule has 2 heterocycles. The predicted octanol–water partition coefficient (Wildman–Crippen LogP) is 1.68. The van der Waals surface area contributed by atoms with Crippen molar-refractivity contribution in [1.82, 2.24) is 4.98 Å². The number of pyridine rings is 1. The third-order valence-electron chi connectivity index (χ3n) is 4.24. The van der Waals surface area contributed by atoms with Gasteiger partial charge in [0.15, 0.2) is 0 Å². The molecule has 1 fully saturated rings. The summed E-state index contributed by atoms with van der Waals surface area (Å²) >= 11 is 0. The molecule has 3 rings (SSSR count). The highest BCUT2D eigenvalue weighted by Crippen LogP contribution is 2.27. The molecule has 1 saturated heterocycles. The standard InChI is InChI=1S/C18H19N3O4/c1-11-7-13(9-19-17(11)23)20-18(24)12-8-16(22)21(10-12)14-3-5-15(25-2)6-4-14/h3-7,9,12H,8,10H2,1-2H3,(H,19,23)(H,20,24)/t12-/m0/s1. The van der Waals surface area contributed by atoms with E-state index >= 15 is 0 Å². The molecule has 25 heavy (non-hydrogen) atoms. The number of benzene rings is 1. The molecule has 130 valence electrons. The van der Waals surface area contributed by atoms with Crippen LogP contribution in [-0.2, 0) is 9.59 Å². The van der Waals surface area contributed by atoms with Crippen molar-refractivity contribution in [2.45, 2.75) is 13.3 Å². The number of nitrogens with one attached hydrogen (secondary N) is 2. The monoisotopic (exact) mass is 341 g/mol. The van der Waals surface area contributed by atoms with E-state index in [0.717, 1.165) is 5.69 Å². The van der Waals surface area contributed by atoms with Gasteiger partial charge in [-0.3, -0.25) is 14.4 Å². The van der Waals surface area contributed by atoms with E-state index in [0.29, 0.717) is 23.5 Å². The topological polar surface area (TPSA) is 91.5 Å². The second kappa shape index (κ2) is 6.80. The molecule has 0 radical (unpaired) electrons. The van der Waals surface area contributed by atoms with Gasteiger partial charge in [0.1, 0.15) is 5.75 Å². The maximum Gasteiger partial charge on any atom is 0.250 e. The largest absolute Gasteiger partial charge is 0.497 e. The Morgan fingerprint density at radius 1 is 1.28 bits per heavy atom. The number of carbonyl (C=O) groups excluding carboxylic acids is 2. The zero-order valence-electron chi connectivity index (χ0n) is 14.0. The van der Waals surface area contributed by atoms with Crippen LogP contribution in [-0.4, -0.2) is 30.5 Å². The fourth-order valence-electron chi connectivity index (χ4n) is 2.81. The van der Waals surface area contributed by atoms with Crippen molar-refractivity contribution in [3.8, 4) is 5.75 Å². The van der Waals surface area contributed by atoms with Gasteiger partial charge in [0.25, 0.3) is 5.56 Å². The number of nitrogens with zero attached hydrogens (tertiary/aromatic N) is 1. The summed E-state index contributed by atoms with van der Waals surface area (Å²) in [6.45, 7) is 1.98. The Balaban J connectivity index is 1.69. The first-order valence-electron chi connectivity index (χ1n) is 7.92. The Bertz CT molecular complexity index is 857. The third kappa shape index (κ3) is 3.55. The van der Waals surface area contributed by atoms with Crippen LogP contribution >= 0.6 is 0 Å². The van der Waals surface area contributed by atoms with Gasteiger partial charge in [-0.15, -0.1) is 0 Å². The van der Waals surface area contributed by atoms with Gasteiger partial charge in [0.05, 0.1) is 18.7 Å². The van der Waals surface area contributed by atoms with Crippen molar-refractivity contribution < 1.29 is 14.3 Å². The second-order valence-corrected chi connectivity index (χ2v) is 5.99. The van der Waals surface area contributed by atoms with Gasteiger partial charge in [-0.05, 0) is 37.3 Å². The molecule has 7 heteroatoms. The number of aromatic nitrogens is 1. The first-order valence-corrected chi connectivity index (χ1v) is 7.92. The van der Waals surface area contributed by atoms with Crippen LogP contribution in [0.15, 0.2) is 41.3 Å². The van der Waals surface area contributed by atoms with Crippen LogP contribution in [0.25, 0.3) is 0 Å². The van der Waals surface area contributed by atoms with Crippen molar-refractivity contribution in [2.75, 3.05) is 23.9 Å². The predicted molar refractivity (Wildman–Crippen MR) is 93.9 cm³/mol. The first-order chi connectivity index (χ1) is 12.0. The lowest BCUT2D eigenvalue weighted by Crippen LogP contribution is -2.28. The Morgan fingerprint density at radius 2 is 2.00 bits per heavy atom. The summed E-state index contributed by atoms with van der Waals surface area (Å²) in [7, 11) is 1.58. The number of carbonyl (C=O) groups is 2. The molecule has 2 N–H and O–H groups in total. The number of methoxy groups -OCH3 is 1. The number of aryl methyl sites for hydroxylation is 1. The number of amides is 2. The number of aromatic amines is 1. The Kier molecular flexibility index (Phi) is 4.56. The summed E-state index contributed by atoms with van der Waals surface area (Å²) in [4.78, 5) is 40.2. The van der Waals surface area contributed by atoms with Crippen LogP contribution < -0.4 is 20.5 Å². The molecular formula is C18H19N3O4. The highest BCUT2D eigenvalue weighted by Gasteiger charge is 2.35. The number of rotatable bonds is 4. The second-order valence-electron chi connectivity index (χ2n) is 5.99. The molecule has 1 aromatic heterocycles. The Morgan fingerprint density at radius 3 is 2.64 bits per heavy atom. The maximum atomic E-state index is 12.4. The summed E-state index contributed by atoms with van der Waals surface area (Å²) in [5.41, 5.74) is 1.57. The van der Waals surface area contributed by atoms with E-state index in [1.807, 2.05) is 0 Å². The Hall–Kier alpha value is -3.09. The number of H-pyrrole nitrogens is 1. The first kappa shape index (κ1) is 16.8. The molecule has 0 spiro atoms. The van der Waals surface area contributed by atoms with Crippen LogP contribution in [0.4, 0.5) is 11.4 Å². The average molecular weight is 341 g/mol. The highest BCUT2D eigenvalue weighted by atomic mass is 16.5. The average Bonchev–Trinajstić information content (AvgIpc) is 3.00. The minimum Gasteiger partial charge on any atom is -0.497 e. The van der Waals surface area contributed by atoms with Gasteiger partial charge < -0.3 is 19.9 Å². The van der Waals surface area contributed by atoms with Gasteiger partial charge >= 0.3 is 0 Å². The molecule has 0 saturated carbocycles. The lowest BCUT2D eigenvalue weighted by Gasteiger charge is -2.17. The van der Waals surface area contributed by atoms with E-state index < -0.39 is 5.92 Å². The number of ether oxygens (including phenoxy) is 1. The minimum atomic E-state index is -0.443. The molecule has 2 aromatic rings. The van der Waals surface area contributed by atoms with Crippen LogP contribution in [0, 0.1) is 12.8 Å². The van der Waals surface area contributed by atoms with Crippen molar-refractivity contribution in [3.63, 3.8) is 0 Å². The van der Waals surface area contributed by atoms with Crippen LogP contribution in [0.1, 0.15) is 12.0 Å². The summed E-state index contributed by atoms with van der Waals surface area (Å²) in [6, 6.07) is 8.75. The van der Waals surface area contributed by atoms with Crippen molar-refractivity contribution in [1.29, 1.82) is 0 Å². The van der Waals surface area contributed by atoms with Crippen LogP contribution in [0.3, 0.4) is 0 Å². The molecule has 1 atom stereocenters. The molecule has 7 nitrogen and oxygen atoms in total. The van der Waals surface area contributed by atoms with Gasteiger partial charge in [0, 0.05) is 30.4 Å². The van der Waals surface area contributed by atoms with Crippen LogP contribution in [0.2, 0.25) is 0 Å². The van der Waals surface area contributed by atoms with Crippen molar-refractivity contribution in [2.24, 2.45) is 5.92 Å². The fourth-order valence-corrected chi connectivity index (χ4v) is 2.81. The van der Waals surface area contributed by atoms with Gasteiger partial charge in [-0.25, -0.2) is 0 Å². The molecule has 1 aliphatic heterocycles. The lowest BCUT2D eigenvalue weighted by atomic mass is 10.1. The Labute approximate surface area is 144 Å². The highest BCUT2D eigenvalue weighted by molar-refractivity contribution is 6.03. The summed E-state index contributed by atoms with van der Waals surface area (Å²) in [6.07, 6.45) is 1.60. The van der Waals surface area contributed by atoms with E-state index in [-0.39, 0.29) is 23.8 Å². The maximum absolute atomic E-state index is 12.4. The molecule has 0 unspecified atom stereocenters. The molecule has 2 amide bonds. The van der Waals surface area contributed by atoms with E-state index in [9.17, 15) is 14.4 Å².